The molecule has 1 heterocycles. The van der Waals surface area contributed by atoms with Gasteiger partial charge in [-0.05, 0) is 37.5 Å². The summed E-state index contributed by atoms with van der Waals surface area (Å²) < 4.78 is 5.61. The van der Waals surface area contributed by atoms with Crippen LogP contribution < -0.4 is 5.43 Å². The number of hydrogen-bond acceptors (Lipinski definition) is 8. The fourth-order valence-electron chi connectivity index (χ4n) is 4.29. The van der Waals surface area contributed by atoms with Crippen molar-refractivity contribution in [3.05, 3.63) is 40.1 Å². The molecule has 0 fully saturated rings. The summed E-state index contributed by atoms with van der Waals surface area (Å²) in [6.07, 6.45) is 10.8. The lowest BCUT2D eigenvalue weighted by Crippen LogP contribution is -2.04. The highest BCUT2D eigenvalue weighted by Crippen LogP contribution is 2.40. The fraction of sp³-hybridized carbons (Fsp3) is 0.444. The van der Waals surface area contributed by atoms with E-state index in [1.54, 1.807) is 0 Å². The van der Waals surface area contributed by atoms with E-state index in [0.717, 1.165) is 57.4 Å². The number of rotatable bonds is 13. The van der Waals surface area contributed by atoms with Crippen molar-refractivity contribution in [2.45, 2.75) is 70.6 Å². The average Bonchev–Trinajstić information content (AvgIpc) is 2.83. The predicted molar refractivity (Wildman–Crippen MR) is 133 cm³/mol. The Morgan fingerprint density at radius 1 is 0.657 bits per heavy atom. The van der Waals surface area contributed by atoms with Crippen LogP contribution in [0.3, 0.4) is 0 Å². The molecule has 8 nitrogen and oxygen atoms in total. The molecule has 0 aliphatic carbocycles. The topological polar surface area (TPSA) is 152 Å². The van der Waals surface area contributed by atoms with Crippen molar-refractivity contribution in [3.8, 4) is 40.1 Å². The Kier molecular flexibility index (Phi) is 9.25. The SMILES string of the molecule is O=c1c(O)c(-c2ccc(O)c(O)c2)oc2cc(O)c(CCCCCCCCCCCCO)c(O)c12. The Labute approximate surface area is 203 Å². The van der Waals surface area contributed by atoms with Crippen molar-refractivity contribution < 1.29 is 35.1 Å². The molecule has 2 aromatic carbocycles. The summed E-state index contributed by atoms with van der Waals surface area (Å²) in [5.41, 5.74) is -0.576. The van der Waals surface area contributed by atoms with Gasteiger partial charge in [0, 0.05) is 23.8 Å². The molecule has 0 bridgehead atoms. The van der Waals surface area contributed by atoms with E-state index in [9.17, 15) is 30.3 Å². The molecule has 35 heavy (non-hydrogen) atoms. The van der Waals surface area contributed by atoms with Crippen molar-refractivity contribution in [3.63, 3.8) is 0 Å². The first-order chi connectivity index (χ1) is 16.8. The van der Waals surface area contributed by atoms with Crippen LogP contribution in [0.25, 0.3) is 22.3 Å². The van der Waals surface area contributed by atoms with Crippen LogP contribution in [0.1, 0.15) is 69.8 Å². The normalized spacial score (nSPS) is 11.3. The lowest BCUT2D eigenvalue weighted by molar-refractivity contribution is 0.282. The third-order valence-electron chi connectivity index (χ3n) is 6.29. The molecule has 3 aromatic rings. The van der Waals surface area contributed by atoms with Gasteiger partial charge in [0.1, 0.15) is 22.5 Å². The molecule has 0 aliphatic heterocycles. The molecule has 0 radical (unpaired) electrons. The summed E-state index contributed by atoms with van der Waals surface area (Å²) in [5.74, 6) is -2.43. The maximum Gasteiger partial charge on any atom is 0.238 e. The number of unbranched alkanes of at least 4 members (excludes halogenated alkanes) is 9. The number of fused-ring (bicyclic) bond motifs is 1. The van der Waals surface area contributed by atoms with Crippen molar-refractivity contribution in [2.75, 3.05) is 6.61 Å². The summed E-state index contributed by atoms with van der Waals surface area (Å²) >= 11 is 0. The highest BCUT2D eigenvalue weighted by Gasteiger charge is 2.22. The van der Waals surface area contributed by atoms with Gasteiger partial charge in [0.25, 0.3) is 0 Å². The van der Waals surface area contributed by atoms with Gasteiger partial charge in [0.05, 0.1) is 0 Å². The molecule has 0 atom stereocenters. The predicted octanol–water partition coefficient (Wildman–Crippen LogP) is 5.42. The monoisotopic (exact) mass is 486 g/mol. The number of phenols is 4. The zero-order chi connectivity index (χ0) is 25.4. The molecule has 0 spiro atoms. The summed E-state index contributed by atoms with van der Waals surface area (Å²) in [7, 11) is 0. The smallest absolute Gasteiger partial charge is 0.238 e. The van der Waals surface area contributed by atoms with E-state index in [4.69, 9.17) is 9.52 Å². The van der Waals surface area contributed by atoms with Gasteiger partial charge in [-0.2, -0.15) is 0 Å². The van der Waals surface area contributed by atoms with Crippen LogP contribution in [0, 0.1) is 0 Å². The van der Waals surface area contributed by atoms with Gasteiger partial charge in [-0.15, -0.1) is 0 Å². The Hall–Kier alpha value is -3.39. The van der Waals surface area contributed by atoms with Gasteiger partial charge in [-0.1, -0.05) is 51.4 Å². The second-order valence-corrected chi connectivity index (χ2v) is 8.92. The largest absolute Gasteiger partial charge is 0.507 e. The number of aliphatic hydroxyl groups excluding tert-OH is 1. The average molecular weight is 487 g/mol. The first-order valence-electron chi connectivity index (χ1n) is 12.2. The number of aliphatic hydroxyl groups is 1. The van der Waals surface area contributed by atoms with Crippen LogP contribution in [-0.2, 0) is 6.42 Å². The van der Waals surface area contributed by atoms with Crippen LogP contribution in [0.2, 0.25) is 0 Å². The quantitative estimate of drug-likeness (QED) is 0.138. The van der Waals surface area contributed by atoms with Crippen molar-refractivity contribution in [1.82, 2.24) is 0 Å². The van der Waals surface area contributed by atoms with Crippen molar-refractivity contribution in [1.29, 1.82) is 0 Å². The van der Waals surface area contributed by atoms with Gasteiger partial charge >= 0.3 is 0 Å². The number of phenolic OH excluding ortho intramolecular Hbond substituents is 4. The summed E-state index contributed by atoms with van der Waals surface area (Å²) in [6, 6.07) is 4.91. The first-order valence-corrected chi connectivity index (χ1v) is 12.2. The van der Waals surface area contributed by atoms with Gasteiger partial charge in [-0.3, -0.25) is 4.79 Å². The Balaban J connectivity index is 1.65. The molecule has 6 N–H and O–H groups in total. The van der Waals surface area contributed by atoms with E-state index in [2.05, 4.69) is 0 Å². The van der Waals surface area contributed by atoms with Crippen LogP contribution in [0.4, 0.5) is 0 Å². The molecule has 8 heteroatoms. The minimum Gasteiger partial charge on any atom is -0.507 e. The van der Waals surface area contributed by atoms with Gasteiger partial charge in [0.2, 0.25) is 11.2 Å². The minimum absolute atomic E-state index is 0.104. The minimum atomic E-state index is -0.855. The van der Waals surface area contributed by atoms with Gasteiger partial charge in [0.15, 0.2) is 17.3 Å². The second kappa shape index (κ2) is 12.4. The number of aromatic hydroxyl groups is 5. The van der Waals surface area contributed by atoms with Crippen LogP contribution in [0.15, 0.2) is 33.5 Å². The van der Waals surface area contributed by atoms with Crippen LogP contribution in [-0.4, -0.2) is 37.2 Å². The highest BCUT2D eigenvalue weighted by molar-refractivity contribution is 5.89. The van der Waals surface area contributed by atoms with E-state index in [1.807, 2.05) is 0 Å². The summed E-state index contributed by atoms with van der Waals surface area (Å²) in [4.78, 5) is 12.8. The lowest BCUT2D eigenvalue weighted by atomic mass is 10.00. The van der Waals surface area contributed by atoms with Crippen molar-refractivity contribution in [2.24, 2.45) is 0 Å². The van der Waals surface area contributed by atoms with E-state index in [1.165, 1.54) is 31.0 Å². The zero-order valence-corrected chi connectivity index (χ0v) is 19.8. The third kappa shape index (κ3) is 6.39. The fourth-order valence-corrected chi connectivity index (χ4v) is 4.29. The third-order valence-corrected chi connectivity index (χ3v) is 6.29. The molecule has 190 valence electrons. The Bertz CT molecular complexity index is 1200. The summed E-state index contributed by atoms with van der Waals surface area (Å²) in [6.45, 7) is 0.264. The molecular weight excluding hydrogens is 452 g/mol. The van der Waals surface area contributed by atoms with Crippen LogP contribution >= 0.6 is 0 Å². The number of benzene rings is 2. The molecule has 0 amide bonds. The molecule has 0 unspecified atom stereocenters. The first kappa shape index (κ1) is 26.2. The van der Waals surface area contributed by atoms with E-state index in [0.29, 0.717) is 6.42 Å². The van der Waals surface area contributed by atoms with Crippen LogP contribution in [0.5, 0.6) is 28.7 Å². The molecular formula is C27H34O8. The Morgan fingerprint density at radius 3 is 1.86 bits per heavy atom. The van der Waals surface area contributed by atoms with Gasteiger partial charge < -0.3 is 35.1 Å². The maximum atomic E-state index is 12.8. The second-order valence-electron chi connectivity index (χ2n) is 8.92. The molecule has 0 aliphatic rings. The van der Waals surface area contributed by atoms with E-state index < -0.39 is 22.7 Å². The molecule has 0 saturated carbocycles. The number of hydrogen-bond donors (Lipinski definition) is 6. The maximum absolute atomic E-state index is 12.8. The Morgan fingerprint density at radius 2 is 1.26 bits per heavy atom. The van der Waals surface area contributed by atoms with E-state index in [-0.39, 0.29) is 46.0 Å². The highest BCUT2D eigenvalue weighted by atomic mass is 16.4. The zero-order valence-electron chi connectivity index (χ0n) is 19.8. The molecule has 0 saturated heterocycles. The molecule has 1 aromatic heterocycles. The summed E-state index contributed by atoms with van der Waals surface area (Å²) in [5, 5.41) is 59.4. The standard InChI is InChI=1S/C27H34O8/c28-14-10-8-6-4-2-1-3-5-7-9-11-18-20(30)16-22-23(24(18)32)25(33)26(34)27(35-22)17-12-13-19(29)21(31)15-17/h12-13,15-16,28-32,34H,1-11,14H2. The lowest BCUT2D eigenvalue weighted by Gasteiger charge is -2.12. The van der Waals surface area contributed by atoms with E-state index >= 15 is 0 Å². The van der Waals surface area contributed by atoms with Gasteiger partial charge in [-0.25, -0.2) is 0 Å². The van der Waals surface area contributed by atoms with Crippen molar-refractivity contribution >= 4 is 11.0 Å². The molecule has 3 rings (SSSR count).